The molecule has 0 heterocycles. The van der Waals surface area contributed by atoms with Gasteiger partial charge in [0, 0.05) is 5.57 Å². The van der Waals surface area contributed by atoms with Crippen molar-refractivity contribution in [3.05, 3.63) is 12.2 Å². The largest absolute Gasteiger partial charge is 0.462 e. The fourth-order valence-corrected chi connectivity index (χ4v) is 1.95. The van der Waals surface area contributed by atoms with Crippen LogP contribution in [0.2, 0.25) is 0 Å². The maximum absolute atomic E-state index is 11.1. The van der Waals surface area contributed by atoms with Crippen LogP contribution in [0.4, 0.5) is 0 Å². The van der Waals surface area contributed by atoms with Crippen LogP contribution in [0.15, 0.2) is 12.2 Å². The summed E-state index contributed by atoms with van der Waals surface area (Å²) in [5.41, 5.74) is 5.93. The summed E-state index contributed by atoms with van der Waals surface area (Å²) in [6.45, 7) is 6.59. The van der Waals surface area contributed by atoms with E-state index in [2.05, 4.69) is 6.58 Å². The molecule has 0 unspecified atom stereocenters. The minimum atomic E-state index is -0.266. The van der Waals surface area contributed by atoms with E-state index in [1.54, 1.807) is 6.92 Å². The standard InChI is InChI=1S/C16H31NO2/c1-15(2)16(18)19-14-12-10-8-6-4-3-5-7-9-11-13-17/h1,3-14,17H2,2H3. The molecule has 0 spiro atoms. The second-order valence-electron chi connectivity index (χ2n) is 5.24. The molecule has 19 heavy (non-hydrogen) atoms. The molecule has 0 amide bonds. The lowest BCUT2D eigenvalue weighted by Crippen LogP contribution is -2.05. The molecular formula is C16H31NO2. The van der Waals surface area contributed by atoms with Gasteiger partial charge in [-0.05, 0) is 26.3 Å². The molecule has 0 aliphatic rings. The first-order valence-electron chi connectivity index (χ1n) is 7.71. The van der Waals surface area contributed by atoms with Crippen molar-refractivity contribution in [2.45, 2.75) is 71.1 Å². The lowest BCUT2D eigenvalue weighted by molar-refractivity contribution is -0.139. The van der Waals surface area contributed by atoms with Crippen molar-refractivity contribution in [2.24, 2.45) is 5.73 Å². The first-order valence-corrected chi connectivity index (χ1v) is 7.71. The van der Waals surface area contributed by atoms with Gasteiger partial charge in [-0.1, -0.05) is 57.9 Å². The normalized spacial score (nSPS) is 10.4. The summed E-state index contributed by atoms with van der Waals surface area (Å²) in [4.78, 5) is 11.1. The van der Waals surface area contributed by atoms with E-state index < -0.39 is 0 Å². The highest BCUT2D eigenvalue weighted by Crippen LogP contribution is 2.10. The summed E-state index contributed by atoms with van der Waals surface area (Å²) >= 11 is 0. The molecule has 0 saturated carbocycles. The SMILES string of the molecule is C=C(C)C(=O)OCCCCCCCCCCCCN. The van der Waals surface area contributed by atoms with E-state index in [1.807, 2.05) is 0 Å². The van der Waals surface area contributed by atoms with Gasteiger partial charge >= 0.3 is 5.97 Å². The summed E-state index contributed by atoms with van der Waals surface area (Å²) in [6.07, 6.45) is 12.5. The number of carbonyl (C=O) groups is 1. The van der Waals surface area contributed by atoms with Crippen molar-refractivity contribution in [1.82, 2.24) is 0 Å². The number of rotatable bonds is 13. The molecule has 0 bridgehead atoms. The number of esters is 1. The first kappa shape index (κ1) is 18.2. The minimum absolute atomic E-state index is 0.266. The summed E-state index contributed by atoms with van der Waals surface area (Å²) < 4.78 is 5.04. The molecule has 0 fully saturated rings. The molecular weight excluding hydrogens is 238 g/mol. The lowest BCUT2D eigenvalue weighted by atomic mass is 10.1. The zero-order valence-corrected chi connectivity index (χ0v) is 12.6. The third-order valence-electron chi connectivity index (χ3n) is 3.18. The topological polar surface area (TPSA) is 52.3 Å². The average molecular weight is 269 g/mol. The van der Waals surface area contributed by atoms with E-state index in [-0.39, 0.29) is 5.97 Å². The first-order chi connectivity index (χ1) is 9.18. The number of carbonyl (C=O) groups excluding carboxylic acids is 1. The number of hydrogen-bond acceptors (Lipinski definition) is 3. The Bertz CT molecular complexity index is 239. The second-order valence-corrected chi connectivity index (χ2v) is 5.24. The van der Waals surface area contributed by atoms with Crippen molar-refractivity contribution >= 4 is 5.97 Å². The molecule has 2 N–H and O–H groups in total. The predicted molar refractivity (Wildman–Crippen MR) is 81.0 cm³/mol. The number of nitrogens with two attached hydrogens (primary N) is 1. The van der Waals surface area contributed by atoms with Crippen LogP contribution in [-0.4, -0.2) is 19.1 Å². The van der Waals surface area contributed by atoms with Crippen LogP contribution in [0, 0.1) is 0 Å². The van der Waals surface area contributed by atoms with Gasteiger partial charge in [-0.3, -0.25) is 0 Å². The van der Waals surface area contributed by atoms with Crippen molar-refractivity contribution in [3.8, 4) is 0 Å². The van der Waals surface area contributed by atoms with Crippen LogP contribution in [0.3, 0.4) is 0 Å². The van der Waals surface area contributed by atoms with Crippen LogP contribution in [0.5, 0.6) is 0 Å². The number of hydrogen-bond donors (Lipinski definition) is 1. The van der Waals surface area contributed by atoms with Gasteiger partial charge in [0.05, 0.1) is 6.61 Å². The highest BCUT2D eigenvalue weighted by molar-refractivity contribution is 5.86. The summed E-state index contributed by atoms with van der Waals surface area (Å²) in [5.74, 6) is -0.266. The van der Waals surface area contributed by atoms with E-state index in [1.165, 1.54) is 51.4 Å². The van der Waals surface area contributed by atoms with E-state index in [0.717, 1.165) is 19.4 Å². The summed E-state index contributed by atoms with van der Waals surface area (Å²) in [5, 5.41) is 0. The van der Waals surface area contributed by atoms with E-state index >= 15 is 0 Å². The maximum Gasteiger partial charge on any atom is 0.333 e. The Hall–Kier alpha value is -0.830. The van der Waals surface area contributed by atoms with Crippen molar-refractivity contribution < 1.29 is 9.53 Å². The number of ether oxygens (including phenoxy) is 1. The van der Waals surface area contributed by atoms with E-state index in [9.17, 15) is 4.79 Å². The molecule has 0 rings (SSSR count). The van der Waals surface area contributed by atoms with Crippen LogP contribution in [0.25, 0.3) is 0 Å². The van der Waals surface area contributed by atoms with E-state index in [0.29, 0.717) is 12.2 Å². The zero-order valence-electron chi connectivity index (χ0n) is 12.6. The smallest absolute Gasteiger partial charge is 0.333 e. The molecule has 0 aromatic heterocycles. The lowest BCUT2D eigenvalue weighted by Gasteiger charge is -2.04. The summed E-state index contributed by atoms with van der Waals surface area (Å²) in [7, 11) is 0. The molecule has 112 valence electrons. The van der Waals surface area contributed by atoms with Crippen LogP contribution in [0.1, 0.15) is 71.1 Å². The molecule has 0 aliphatic heterocycles. The second kappa shape index (κ2) is 13.6. The predicted octanol–water partition coefficient (Wildman–Crippen LogP) is 3.97. The van der Waals surface area contributed by atoms with Gasteiger partial charge < -0.3 is 10.5 Å². The van der Waals surface area contributed by atoms with Crippen LogP contribution < -0.4 is 5.73 Å². The maximum atomic E-state index is 11.1. The Balaban J connectivity index is 3.07. The van der Waals surface area contributed by atoms with Gasteiger partial charge in [-0.2, -0.15) is 0 Å². The van der Waals surface area contributed by atoms with Gasteiger partial charge in [0.25, 0.3) is 0 Å². The third kappa shape index (κ3) is 13.4. The highest BCUT2D eigenvalue weighted by Gasteiger charge is 2.01. The monoisotopic (exact) mass is 269 g/mol. The van der Waals surface area contributed by atoms with Gasteiger partial charge in [0.2, 0.25) is 0 Å². The fourth-order valence-electron chi connectivity index (χ4n) is 1.95. The molecule has 0 aromatic carbocycles. The molecule has 0 saturated heterocycles. The van der Waals surface area contributed by atoms with Crippen molar-refractivity contribution in [2.75, 3.05) is 13.2 Å². The third-order valence-corrected chi connectivity index (χ3v) is 3.18. The zero-order chi connectivity index (χ0) is 14.3. The Morgan fingerprint density at radius 1 is 0.895 bits per heavy atom. The molecule has 0 atom stereocenters. The molecule has 0 aromatic rings. The van der Waals surface area contributed by atoms with Crippen molar-refractivity contribution in [1.29, 1.82) is 0 Å². The molecule has 0 radical (unpaired) electrons. The quantitative estimate of drug-likeness (QED) is 0.313. The van der Waals surface area contributed by atoms with Crippen LogP contribution in [-0.2, 0) is 9.53 Å². The average Bonchev–Trinajstić information content (AvgIpc) is 2.39. The Kier molecular flexibility index (Phi) is 13.0. The highest BCUT2D eigenvalue weighted by atomic mass is 16.5. The Labute approximate surface area is 118 Å². The number of unbranched alkanes of at least 4 members (excludes halogenated alkanes) is 9. The Morgan fingerprint density at radius 3 is 1.74 bits per heavy atom. The molecule has 3 heteroatoms. The summed E-state index contributed by atoms with van der Waals surface area (Å²) in [6, 6.07) is 0. The van der Waals surface area contributed by atoms with Gasteiger partial charge in [0.15, 0.2) is 0 Å². The fraction of sp³-hybridized carbons (Fsp3) is 0.812. The van der Waals surface area contributed by atoms with Gasteiger partial charge in [-0.25, -0.2) is 4.79 Å². The molecule has 3 nitrogen and oxygen atoms in total. The van der Waals surface area contributed by atoms with E-state index in [4.69, 9.17) is 10.5 Å². The van der Waals surface area contributed by atoms with Crippen molar-refractivity contribution in [3.63, 3.8) is 0 Å². The van der Waals surface area contributed by atoms with Gasteiger partial charge in [0.1, 0.15) is 0 Å². The minimum Gasteiger partial charge on any atom is -0.462 e. The molecule has 0 aliphatic carbocycles. The Morgan fingerprint density at radius 2 is 1.32 bits per heavy atom. The van der Waals surface area contributed by atoms with Gasteiger partial charge in [-0.15, -0.1) is 0 Å². The van der Waals surface area contributed by atoms with Crippen LogP contribution >= 0.6 is 0 Å².